The fourth-order valence-corrected chi connectivity index (χ4v) is 5.11. The van der Waals surface area contributed by atoms with Crippen LogP contribution in [-0.4, -0.2) is 34.6 Å². The molecule has 0 fully saturated rings. The number of nitrogens with one attached hydrogen (secondary N) is 1. The summed E-state index contributed by atoms with van der Waals surface area (Å²) >= 11 is 1.60. The molecule has 4 nitrogen and oxygen atoms in total. The minimum Gasteiger partial charge on any atom is -0.352 e. The van der Waals surface area contributed by atoms with E-state index in [2.05, 4.69) is 37.4 Å². The van der Waals surface area contributed by atoms with Gasteiger partial charge in [0.05, 0.1) is 5.75 Å². The van der Waals surface area contributed by atoms with Crippen LogP contribution in [0.2, 0.25) is 0 Å². The van der Waals surface area contributed by atoms with Crippen LogP contribution in [0.25, 0.3) is 0 Å². The number of amides is 2. The van der Waals surface area contributed by atoms with Crippen molar-refractivity contribution >= 4 is 23.6 Å². The number of benzene rings is 3. The first-order valence-corrected chi connectivity index (χ1v) is 13.8. The molecule has 0 radical (unpaired) electrons. The van der Waals surface area contributed by atoms with Crippen LogP contribution in [0.3, 0.4) is 0 Å². The summed E-state index contributed by atoms with van der Waals surface area (Å²) in [6, 6.07) is 25.8. The summed E-state index contributed by atoms with van der Waals surface area (Å²) < 4.78 is 0. The molecule has 3 aromatic rings. The number of hydrogen-bond acceptors (Lipinski definition) is 3. The van der Waals surface area contributed by atoms with Gasteiger partial charge >= 0.3 is 0 Å². The summed E-state index contributed by atoms with van der Waals surface area (Å²) in [7, 11) is 0. The van der Waals surface area contributed by atoms with E-state index in [-0.39, 0.29) is 17.9 Å². The van der Waals surface area contributed by atoms with Crippen molar-refractivity contribution in [1.82, 2.24) is 10.2 Å². The number of aryl methyl sites for hydroxylation is 2. The van der Waals surface area contributed by atoms with Crippen LogP contribution in [-0.2, 0) is 28.3 Å². The fourth-order valence-electron chi connectivity index (χ4n) is 4.27. The lowest BCUT2D eigenvalue weighted by atomic mass is 10.0. The minimum absolute atomic E-state index is 0.0199. The highest BCUT2D eigenvalue weighted by Crippen LogP contribution is 2.20. The summed E-state index contributed by atoms with van der Waals surface area (Å²) in [6.07, 6.45) is 1.31. The maximum Gasteiger partial charge on any atom is 0.243 e. The quantitative estimate of drug-likeness (QED) is 0.326. The van der Waals surface area contributed by atoms with E-state index < -0.39 is 6.04 Å². The first kappa shape index (κ1) is 27.5. The van der Waals surface area contributed by atoms with Gasteiger partial charge in [0.1, 0.15) is 6.04 Å². The molecule has 2 atom stereocenters. The Morgan fingerprint density at radius 3 is 2.03 bits per heavy atom. The second-order valence-corrected chi connectivity index (χ2v) is 10.5. The molecule has 3 rings (SSSR count). The number of carbonyl (C=O) groups is 2. The highest BCUT2D eigenvalue weighted by molar-refractivity contribution is 7.99. The third-order valence-corrected chi connectivity index (χ3v) is 7.23. The minimum atomic E-state index is -0.587. The fraction of sp³-hybridized carbons (Fsp3) is 0.355. The Balaban J connectivity index is 1.83. The molecule has 2 amide bonds. The number of carbonyl (C=O) groups excluding carboxylic acids is 2. The van der Waals surface area contributed by atoms with E-state index in [0.29, 0.717) is 18.7 Å². The third-order valence-electron chi connectivity index (χ3n) is 6.24. The highest BCUT2D eigenvalue weighted by Gasteiger charge is 2.30. The van der Waals surface area contributed by atoms with Crippen molar-refractivity contribution in [2.45, 2.75) is 64.9 Å². The smallest absolute Gasteiger partial charge is 0.243 e. The number of hydrogen-bond donors (Lipinski definition) is 1. The molecule has 0 aliphatic heterocycles. The number of thioether (sulfide) groups is 1. The average Bonchev–Trinajstić information content (AvgIpc) is 2.86. The van der Waals surface area contributed by atoms with Gasteiger partial charge in [-0.25, -0.2) is 0 Å². The van der Waals surface area contributed by atoms with Crippen LogP contribution in [0, 0.1) is 13.8 Å². The van der Waals surface area contributed by atoms with E-state index in [4.69, 9.17) is 0 Å². The van der Waals surface area contributed by atoms with Gasteiger partial charge in [0.25, 0.3) is 0 Å². The first-order chi connectivity index (χ1) is 17.4. The van der Waals surface area contributed by atoms with Crippen LogP contribution in [0.1, 0.15) is 48.1 Å². The van der Waals surface area contributed by atoms with E-state index in [1.165, 1.54) is 16.7 Å². The molecule has 0 aliphatic carbocycles. The van der Waals surface area contributed by atoms with Crippen molar-refractivity contribution in [3.8, 4) is 0 Å². The zero-order chi connectivity index (χ0) is 25.9. The van der Waals surface area contributed by atoms with Gasteiger partial charge in [0.15, 0.2) is 0 Å². The van der Waals surface area contributed by atoms with E-state index in [1.54, 1.807) is 16.7 Å². The Hall–Kier alpha value is -3.05. The van der Waals surface area contributed by atoms with Crippen LogP contribution < -0.4 is 5.32 Å². The SMILES string of the molecule is CC[C@@H](C)NC(=O)[C@H](Cc1ccccc1)N(Cc1ccccc1)C(=O)CSCc1cc(C)cc(C)c1. The van der Waals surface area contributed by atoms with Crippen LogP contribution in [0.15, 0.2) is 78.9 Å². The first-order valence-electron chi connectivity index (χ1n) is 12.7. The van der Waals surface area contributed by atoms with Crippen molar-refractivity contribution < 1.29 is 9.59 Å². The third kappa shape index (κ3) is 8.56. The number of rotatable bonds is 12. The molecule has 0 saturated carbocycles. The van der Waals surface area contributed by atoms with Crippen LogP contribution in [0.5, 0.6) is 0 Å². The molecule has 0 aliphatic rings. The molecular weight excluding hydrogens is 464 g/mol. The largest absolute Gasteiger partial charge is 0.352 e. The molecule has 3 aromatic carbocycles. The lowest BCUT2D eigenvalue weighted by Gasteiger charge is -2.32. The van der Waals surface area contributed by atoms with Gasteiger partial charge in [-0.05, 0) is 43.9 Å². The van der Waals surface area contributed by atoms with Crippen molar-refractivity contribution in [2.75, 3.05) is 5.75 Å². The predicted molar refractivity (Wildman–Crippen MR) is 151 cm³/mol. The van der Waals surface area contributed by atoms with Gasteiger partial charge in [-0.1, -0.05) is 96.9 Å². The number of nitrogens with zero attached hydrogens (tertiary/aromatic N) is 1. The molecular formula is C31H38N2O2S. The lowest BCUT2D eigenvalue weighted by Crippen LogP contribution is -2.52. The van der Waals surface area contributed by atoms with E-state index in [0.717, 1.165) is 23.3 Å². The van der Waals surface area contributed by atoms with E-state index in [1.807, 2.05) is 74.5 Å². The molecule has 0 heterocycles. The Labute approximate surface area is 220 Å². The Bertz CT molecular complexity index is 1100. The molecule has 190 valence electrons. The second-order valence-electron chi connectivity index (χ2n) is 9.52. The van der Waals surface area contributed by atoms with Gasteiger partial charge < -0.3 is 10.2 Å². The van der Waals surface area contributed by atoms with Crippen molar-refractivity contribution in [2.24, 2.45) is 0 Å². The zero-order valence-electron chi connectivity index (χ0n) is 21.9. The summed E-state index contributed by atoms with van der Waals surface area (Å²) in [5.74, 6) is 0.961. The standard InChI is InChI=1S/C31H38N2O2S/c1-5-25(4)32-31(35)29(19-26-12-8-6-9-13-26)33(20-27-14-10-7-11-15-27)30(34)22-36-21-28-17-23(2)16-24(3)18-28/h6-18,25,29H,5,19-22H2,1-4H3,(H,32,35)/t25-,29+/m1/s1. The van der Waals surface area contributed by atoms with E-state index >= 15 is 0 Å². The van der Waals surface area contributed by atoms with Crippen molar-refractivity contribution in [3.05, 3.63) is 107 Å². The summed E-state index contributed by atoms with van der Waals surface area (Å²) in [5, 5.41) is 3.13. The summed E-state index contributed by atoms with van der Waals surface area (Å²) in [6.45, 7) is 8.64. The Morgan fingerprint density at radius 1 is 0.861 bits per heavy atom. The summed E-state index contributed by atoms with van der Waals surface area (Å²) in [5.41, 5.74) is 5.73. The van der Waals surface area contributed by atoms with Gasteiger partial charge in [-0.15, -0.1) is 11.8 Å². The molecule has 0 saturated heterocycles. The molecule has 0 spiro atoms. The molecule has 5 heteroatoms. The molecule has 1 N–H and O–H groups in total. The Kier molecular flexibility index (Phi) is 10.6. The van der Waals surface area contributed by atoms with E-state index in [9.17, 15) is 9.59 Å². The van der Waals surface area contributed by atoms with Crippen molar-refractivity contribution in [1.29, 1.82) is 0 Å². The normalized spacial score (nSPS) is 12.6. The maximum absolute atomic E-state index is 13.7. The monoisotopic (exact) mass is 502 g/mol. The molecule has 0 unspecified atom stereocenters. The van der Waals surface area contributed by atoms with Crippen molar-refractivity contribution in [3.63, 3.8) is 0 Å². The van der Waals surface area contributed by atoms with Gasteiger partial charge in [0.2, 0.25) is 11.8 Å². The zero-order valence-corrected chi connectivity index (χ0v) is 22.7. The second kappa shape index (κ2) is 13.9. The highest BCUT2D eigenvalue weighted by atomic mass is 32.2. The molecule has 0 bridgehead atoms. The Morgan fingerprint density at radius 2 is 1.44 bits per heavy atom. The summed E-state index contributed by atoms with van der Waals surface area (Å²) in [4.78, 5) is 29.0. The van der Waals surface area contributed by atoms with Crippen LogP contribution in [0.4, 0.5) is 0 Å². The van der Waals surface area contributed by atoms with Crippen LogP contribution >= 0.6 is 11.8 Å². The van der Waals surface area contributed by atoms with Gasteiger partial charge in [0, 0.05) is 24.8 Å². The average molecular weight is 503 g/mol. The molecule has 0 aromatic heterocycles. The predicted octanol–water partition coefficient (Wildman–Crippen LogP) is 6.09. The topological polar surface area (TPSA) is 49.4 Å². The van der Waals surface area contributed by atoms with Gasteiger partial charge in [-0.3, -0.25) is 9.59 Å². The van der Waals surface area contributed by atoms with Gasteiger partial charge in [-0.2, -0.15) is 0 Å². The lowest BCUT2D eigenvalue weighted by molar-refractivity contribution is -0.139. The maximum atomic E-state index is 13.7. The molecule has 36 heavy (non-hydrogen) atoms.